The van der Waals surface area contributed by atoms with Crippen molar-refractivity contribution in [3.8, 4) is 6.07 Å². The number of benzene rings is 1. The second-order valence-electron chi connectivity index (χ2n) is 5.11. The number of carbonyl (C=O) groups excluding carboxylic acids is 1. The highest BCUT2D eigenvalue weighted by Crippen LogP contribution is 2.40. The van der Waals surface area contributed by atoms with Gasteiger partial charge in [0.15, 0.2) is 0 Å². The van der Waals surface area contributed by atoms with E-state index in [0.717, 1.165) is 12.8 Å². The zero-order valence-corrected chi connectivity index (χ0v) is 10.6. The van der Waals surface area contributed by atoms with Crippen LogP contribution >= 0.6 is 0 Å². The third-order valence-electron chi connectivity index (χ3n) is 3.62. The van der Waals surface area contributed by atoms with Crippen molar-refractivity contribution in [3.05, 3.63) is 35.9 Å². The lowest BCUT2D eigenvalue weighted by molar-refractivity contribution is -0.132. The van der Waals surface area contributed by atoms with E-state index >= 15 is 0 Å². The summed E-state index contributed by atoms with van der Waals surface area (Å²) in [6.07, 6.45) is 3.18. The predicted molar refractivity (Wildman–Crippen MR) is 69.6 cm³/mol. The average molecular weight is 242 g/mol. The quantitative estimate of drug-likeness (QED) is 0.881. The standard InChI is InChI=1S/C15H18N2O/c1-12(10-13-6-3-2-4-7-13)17-14(18)15(11-16)8-5-9-15/h2-4,6-7,12H,5,8-10H2,1H3,(H,17,18). The van der Waals surface area contributed by atoms with E-state index in [1.54, 1.807) is 0 Å². The minimum Gasteiger partial charge on any atom is -0.352 e. The van der Waals surface area contributed by atoms with Gasteiger partial charge in [-0.05, 0) is 38.2 Å². The van der Waals surface area contributed by atoms with Gasteiger partial charge in [0.05, 0.1) is 6.07 Å². The number of hydrogen-bond acceptors (Lipinski definition) is 2. The maximum atomic E-state index is 12.0. The summed E-state index contributed by atoms with van der Waals surface area (Å²) < 4.78 is 0. The van der Waals surface area contributed by atoms with Crippen LogP contribution in [0.3, 0.4) is 0 Å². The van der Waals surface area contributed by atoms with Gasteiger partial charge in [0.25, 0.3) is 0 Å². The van der Waals surface area contributed by atoms with E-state index in [2.05, 4.69) is 11.4 Å². The van der Waals surface area contributed by atoms with Gasteiger partial charge in [-0.15, -0.1) is 0 Å². The molecule has 0 spiro atoms. The van der Waals surface area contributed by atoms with E-state index in [-0.39, 0.29) is 11.9 Å². The normalized spacial score (nSPS) is 18.2. The Hall–Kier alpha value is -1.82. The molecule has 0 aromatic heterocycles. The van der Waals surface area contributed by atoms with Crippen LogP contribution in [0, 0.1) is 16.7 Å². The number of nitrogens with one attached hydrogen (secondary N) is 1. The number of nitrogens with zero attached hydrogens (tertiary/aromatic N) is 1. The molecule has 1 aliphatic carbocycles. The molecule has 1 amide bonds. The fourth-order valence-corrected chi connectivity index (χ4v) is 2.30. The summed E-state index contributed by atoms with van der Waals surface area (Å²) in [4.78, 5) is 12.0. The van der Waals surface area contributed by atoms with Crippen molar-refractivity contribution in [3.63, 3.8) is 0 Å². The van der Waals surface area contributed by atoms with Crippen molar-refractivity contribution in [2.45, 2.75) is 38.6 Å². The highest BCUT2D eigenvalue weighted by molar-refractivity contribution is 5.86. The number of nitriles is 1. The highest BCUT2D eigenvalue weighted by Gasteiger charge is 2.44. The lowest BCUT2D eigenvalue weighted by Gasteiger charge is -2.34. The second kappa shape index (κ2) is 5.22. The molecular formula is C15H18N2O. The largest absolute Gasteiger partial charge is 0.352 e. The van der Waals surface area contributed by atoms with E-state index in [0.29, 0.717) is 12.8 Å². The molecule has 0 saturated heterocycles. The van der Waals surface area contributed by atoms with Crippen LogP contribution in [0.5, 0.6) is 0 Å². The van der Waals surface area contributed by atoms with E-state index in [1.807, 2.05) is 37.3 Å². The van der Waals surface area contributed by atoms with E-state index in [4.69, 9.17) is 5.26 Å². The molecule has 1 N–H and O–H groups in total. The number of hydrogen-bond donors (Lipinski definition) is 1. The van der Waals surface area contributed by atoms with Gasteiger partial charge in [-0.2, -0.15) is 5.26 Å². The SMILES string of the molecule is CC(Cc1ccccc1)NC(=O)C1(C#N)CCC1. The Kier molecular flexibility index (Phi) is 3.66. The fraction of sp³-hybridized carbons (Fsp3) is 0.467. The maximum absolute atomic E-state index is 12.0. The highest BCUT2D eigenvalue weighted by atomic mass is 16.2. The number of rotatable bonds is 4. The van der Waals surface area contributed by atoms with Gasteiger partial charge < -0.3 is 5.32 Å². The van der Waals surface area contributed by atoms with Crippen molar-refractivity contribution in [2.24, 2.45) is 5.41 Å². The van der Waals surface area contributed by atoms with E-state index < -0.39 is 5.41 Å². The second-order valence-corrected chi connectivity index (χ2v) is 5.11. The number of carbonyl (C=O) groups is 1. The lowest BCUT2D eigenvalue weighted by Crippen LogP contribution is -2.48. The molecule has 1 aromatic rings. The van der Waals surface area contributed by atoms with Crippen LogP contribution in [0.25, 0.3) is 0 Å². The van der Waals surface area contributed by atoms with Gasteiger partial charge in [0.2, 0.25) is 5.91 Å². The van der Waals surface area contributed by atoms with Crippen LogP contribution in [-0.4, -0.2) is 11.9 Å². The Bertz CT molecular complexity index is 457. The Labute approximate surface area is 108 Å². The van der Waals surface area contributed by atoms with E-state index in [1.165, 1.54) is 5.56 Å². The molecule has 1 aliphatic rings. The fourth-order valence-electron chi connectivity index (χ4n) is 2.30. The maximum Gasteiger partial charge on any atom is 0.240 e. The Morgan fingerprint density at radius 3 is 2.61 bits per heavy atom. The summed E-state index contributed by atoms with van der Waals surface area (Å²) in [5.41, 5.74) is 0.454. The molecule has 0 aliphatic heterocycles. The molecule has 3 heteroatoms. The summed E-state index contributed by atoms with van der Waals surface area (Å²) in [6, 6.07) is 12.3. The topological polar surface area (TPSA) is 52.9 Å². The zero-order chi connectivity index (χ0) is 13.0. The molecule has 1 aromatic carbocycles. The minimum absolute atomic E-state index is 0.0609. The summed E-state index contributed by atoms with van der Waals surface area (Å²) in [6.45, 7) is 1.98. The molecule has 94 valence electrons. The average Bonchev–Trinajstić information content (AvgIpc) is 2.29. The lowest BCUT2D eigenvalue weighted by atomic mass is 9.69. The van der Waals surface area contributed by atoms with Crippen LogP contribution in [0.1, 0.15) is 31.7 Å². The first-order chi connectivity index (χ1) is 8.66. The molecule has 18 heavy (non-hydrogen) atoms. The summed E-state index contributed by atoms with van der Waals surface area (Å²) in [5, 5.41) is 12.1. The van der Waals surface area contributed by atoms with Crippen LogP contribution in [0.4, 0.5) is 0 Å². The van der Waals surface area contributed by atoms with Gasteiger partial charge in [0, 0.05) is 6.04 Å². The first-order valence-electron chi connectivity index (χ1n) is 6.42. The van der Waals surface area contributed by atoms with Crippen LogP contribution in [-0.2, 0) is 11.2 Å². The first-order valence-corrected chi connectivity index (χ1v) is 6.42. The monoisotopic (exact) mass is 242 g/mol. The summed E-state index contributed by atoms with van der Waals surface area (Å²) >= 11 is 0. The Morgan fingerprint density at radius 1 is 1.44 bits per heavy atom. The summed E-state index contributed by atoms with van der Waals surface area (Å²) in [7, 11) is 0. The van der Waals surface area contributed by atoms with E-state index in [9.17, 15) is 4.79 Å². The Balaban J connectivity index is 1.90. The predicted octanol–water partition coefficient (Wildman–Crippen LogP) is 2.43. The van der Waals surface area contributed by atoms with Gasteiger partial charge in [-0.1, -0.05) is 30.3 Å². The molecule has 0 bridgehead atoms. The molecule has 1 saturated carbocycles. The third kappa shape index (κ3) is 2.53. The van der Waals surface area contributed by atoms with Crippen molar-refractivity contribution in [1.82, 2.24) is 5.32 Å². The van der Waals surface area contributed by atoms with Crippen molar-refractivity contribution >= 4 is 5.91 Å². The molecule has 0 heterocycles. The molecule has 1 fully saturated rings. The van der Waals surface area contributed by atoms with Crippen LogP contribution < -0.4 is 5.32 Å². The molecule has 3 nitrogen and oxygen atoms in total. The zero-order valence-electron chi connectivity index (χ0n) is 10.6. The smallest absolute Gasteiger partial charge is 0.240 e. The van der Waals surface area contributed by atoms with Crippen LogP contribution in [0.15, 0.2) is 30.3 Å². The van der Waals surface area contributed by atoms with Gasteiger partial charge in [-0.3, -0.25) is 4.79 Å². The van der Waals surface area contributed by atoms with Crippen LogP contribution in [0.2, 0.25) is 0 Å². The van der Waals surface area contributed by atoms with Crippen molar-refractivity contribution < 1.29 is 4.79 Å². The van der Waals surface area contributed by atoms with Crippen molar-refractivity contribution in [1.29, 1.82) is 5.26 Å². The number of amides is 1. The van der Waals surface area contributed by atoms with Gasteiger partial charge in [-0.25, -0.2) is 0 Å². The molecule has 1 unspecified atom stereocenters. The van der Waals surface area contributed by atoms with Gasteiger partial charge >= 0.3 is 0 Å². The van der Waals surface area contributed by atoms with Gasteiger partial charge in [0.1, 0.15) is 5.41 Å². The molecular weight excluding hydrogens is 224 g/mol. The molecule has 2 rings (SSSR count). The summed E-state index contributed by atoms with van der Waals surface area (Å²) in [5.74, 6) is -0.0975. The Morgan fingerprint density at radius 2 is 2.11 bits per heavy atom. The molecule has 1 atom stereocenters. The minimum atomic E-state index is -0.745. The molecule has 0 radical (unpaired) electrons. The third-order valence-corrected chi connectivity index (χ3v) is 3.62. The van der Waals surface area contributed by atoms with Crippen molar-refractivity contribution in [2.75, 3.05) is 0 Å². The first kappa shape index (κ1) is 12.6.